The molecule has 2 amide bonds. The molecule has 7 heteroatoms. The van der Waals surface area contributed by atoms with Gasteiger partial charge in [0.05, 0.1) is 0 Å². The summed E-state index contributed by atoms with van der Waals surface area (Å²) in [6, 6.07) is 13.8. The maximum Gasteiger partial charge on any atom is 0.261 e. The molecular weight excluding hydrogens is 432 g/mol. The molecule has 5 nitrogen and oxygen atoms in total. The average molecular weight is 454 g/mol. The summed E-state index contributed by atoms with van der Waals surface area (Å²) in [6.07, 6.45) is 0. The highest BCUT2D eigenvalue weighted by atomic mass is 79.9. The van der Waals surface area contributed by atoms with Crippen LogP contribution in [-0.2, 0) is 16.1 Å². The van der Waals surface area contributed by atoms with E-state index in [4.69, 9.17) is 16.3 Å². The fourth-order valence-corrected chi connectivity index (χ4v) is 2.84. The summed E-state index contributed by atoms with van der Waals surface area (Å²) in [5.74, 6) is 0.0723. The first-order valence-corrected chi connectivity index (χ1v) is 9.77. The van der Waals surface area contributed by atoms with Crippen LogP contribution in [0.3, 0.4) is 0 Å². The molecule has 27 heavy (non-hydrogen) atoms. The molecule has 0 saturated carbocycles. The van der Waals surface area contributed by atoms with Gasteiger partial charge in [-0.2, -0.15) is 0 Å². The number of carbonyl (C=O) groups excluding carboxylic acids is 2. The third-order valence-electron chi connectivity index (χ3n) is 3.96. The molecule has 0 aliphatic rings. The van der Waals surface area contributed by atoms with Crippen molar-refractivity contribution >= 4 is 39.3 Å². The number of ether oxygens (including phenoxy) is 1. The molecule has 1 N–H and O–H groups in total. The van der Waals surface area contributed by atoms with E-state index in [9.17, 15) is 9.59 Å². The average Bonchev–Trinajstić information content (AvgIpc) is 2.66. The van der Waals surface area contributed by atoms with Gasteiger partial charge in [0.1, 0.15) is 11.8 Å². The van der Waals surface area contributed by atoms with Gasteiger partial charge in [-0.15, -0.1) is 0 Å². The van der Waals surface area contributed by atoms with Crippen molar-refractivity contribution in [3.63, 3.8) is 0 Å². The second-order valence-corrected chi connectivity index (χ2v) is 7.31. The quantitative estimate of drug-likeness (QED) is 0.656. The summed E-state index contributed by atoms with van der Waals surface area (Å²) < 4.78 is 6.51. The summed E-state index contributed by atoms with van der Waals surface area (Å²) in [7, 11) is 0. The summed E-state index contributed by atoms with van der Waals surface area (Å²) in [4.78, 5) is 26.6. The number of amides is 2. The van der Waals surface area contributed by atoms with E-state index in [0.29, 0.717) is 23.9 Å². The number of carbonyl (C=O) groups is 2. The lowest BCUT2D eigenvalue weighted by molar-refractivity contribution is -0.142. The van der Waals surface area contributed by atoms with Gasteiger partial charge in [-0.05, 0) is 55.8 Å². The van der Waals surface area contributed by atoms with Crippen LogP contribution in [0.25, 0.3) is 0 Å². The third-order valence-corrected chi connectivity index (χ3v) is 4.74. The fourth-order valence-electron chi connectivity index (χ4n) is 2.45. The number of hydrogen-bond donors (Lipinski definition) is 1. The number of rotatable bonds is 8. The number of nitrogens with zero attached hydrogens (tertiary/aromatic N) is 1. The van der Waals surface area contributed by atoms with Crippen LogP contribution in [0.4, 0.5) is 0 Å². The van der Waals surface area contributed by atoms with Crippen LogP contribution >= 0.6 is 27.5 Å². The minimum atomic E-state index is -0.616. The molecule has 0 spiro atoms. The summed E-state index contributed by atoms with van der Waals surface area (Å²) in [6.45, 7) is 4.21. The van der Waals surface area contributed by atoms with E-state index in [2.05, 4.69) is 21.2 Å². The number of benzene rings is 2. The molecule has 2 aromatic carbocycles. The zero-order valence-corrected chi connectivity index (χ0v) is 17.6. The van der Waals surface area contributed by atoms with Crippen LogP contribution < -0.4 is 10.1 Å². The van der Waals surface area contributed by atoms with Gasteiger partial charge in [-0.1, -0.05) is 39.7 Å². The Kier molecular flexibility index (Phi) is 8.13. The van der Waals surface area contributed by atoms with Crippen molar-refractivity contribution in [2.24, 2.45) is 0 Å². The molecule has 1 atom stereocenters. The van der Waals surface area contributed by atoms with Gasteiger partial charge in [0.25, 0.3) is 5.91 Å². The number of hydrogen-bond acceptors (Lipinski definition) is 3. The molecule has 0 saturated heterocycles. The van der Waals surface area contributed by atoms with Crippen LogP contribution in [0.15, 0.2) is 53.0 Å². The smallest absolute Gasteiger partial charge is 0.261 e. The van der Waals surface area contributed by atoms with Gasteiger partial charge >= 0.3 is 0 Å². The van der Waals surface area contributed by atoms with E-state index in [0.717, 1.165) is 10.0 Å². The molecule has 0 unspecified atom stereocenters. The second kappa shape index (κ2) is 10.3. The summed E-state index contributed by atoms with van der Waals surface area (Å²) in [5.41, 5.74) is 0.925. The third kappa shape index (κ3) is 6.56. The van der Waals surface area contributed by atoms with Gasteiger partial charge in [0.2, 0.25) is 5.91 Å². The van der Waals surface area contributed by atoms with Gasteiger partial charge < -0.3 is 15.0 Å². The largest absolute Gasteiger partial charge is 0.484 e. The topological polar surface area (TPSA) is 58.6 Å². The normalized spacial score (nSPS) is 11.6. The van der Waals surface area contributed by atoms with Gasteiger partial charge in [-0.3, -0.25) is 9.59 Å². The van der Waals surface area contributed by atoms with E-state index in [1.54, 1.807) is 31.2 Å². The molecule has 0 heterocycles. The Labute approximate surface area is 172 Å². The van der Waals surface area contributed by atoms with Gasteiger partial charge in [-0.25, -0.2) is 0 Å². The van der Waals surface area contributed by atoms with Crippen LogP contribution in [0.5, 0.6) is 5.75 Å². The van der Waals surface area contributed by atoms with Gasteiger partial charge in [0.15, 0.2) is 6.61 Å². The van der Waals surface area contributed by atoms with Crippen LogP contribution in [-0.4, -0.2) is 35.9 Å². The molecule has 2 aromatic rings. The summed E-state index contributed by atoms with van der Waals surface area (Å²) in [5, 5.41) is 3.35. The molecule has 144 valence electrons. The molecule has 0 radical (unpaired) electrons. The van der Waals surface area contributed by atoms with Gasteiger partial charge in [0, 0.05) is 22.6 Å². The Bertz CT molecular complexity index is 766. The minimum absolute atomic E-state index is 0.165. The number of halogens is 2. The highest BCUT2D eigenvalue weighted by Crippen LogP contribution is 2.17. The first-order chi connectivity index (χ1) is 12.9. The fraction of sp³-hybridized carbons (Fsp3) is 0.300. The van der Waals surface area contributed by atoms with Crippen LogP contribution in [0.1, 0.15) is 19.4 Å². The van der Waals surface area contributed by atoms with Crippen molar-refractivity contribution in [2.75, 3.05) is 13.2 Å². The molecule has 0 aliphatic carbocycles. The first-order valence-electron chi connectivity index (χ1n) is 8.60. The second-order valence-electron chi connectivity index (χ2n) is 5.96. The highest BCUT2D eigenvalue weighted by Gasteiger charge is 2.26. The van der Waals surface area contributed by atoms with Crippen LogP contribution in [0.2, 0.25) is 5.02 Å². The maximum absolute atomic E-state index is 12.8. The monoisotopic (exact) mass is 452 g/mol. The van der Waals surface area contributed by atoms with Crippen molar-refractivity contribution in [3.05, 3.63) is 63.6 Å². The molecule has 2 rings (SSSR count). The lowest BCUT2D eigenvalue weighted by atomic mass is 10.1. The van der Waals surface area contributed by atoms with E-state index >= 15 is 0 Å². The predicted octanol–water partition coefficient (Wildman–Crippen LogP) is 4.03. The zero-order valence-electron chi connectivity index (χ0n) is 15.2. The van der Waals surface area contributed by atoms with Crippen molar-refractivity contribution in [1.29, 1.82) is 0 Å². The van der Waals surface area contributed by atoms with Crippen LogP contribution in [0, 0.1) is 0 Å². The molecule has 0 aliphatic heterocycles. The van der Waals surface area contributed by atoms with E-state index in [-0.39, 0.29) is 18.4 Å². The molecule has 0 aromatic heterocycles. The number of likely N-dealkylation sites (N-methyl/N-ethyl adjacent to an activating group) is 1. The molecular formula is C20H22BrClN2O3. The highest BCUT2D eigenvalue weighted by molar-refractivity contribution is 9.10. The number of nitrogens with one attached hydrogen (secondary N) is 1. The molecule has 0 bridgehead atoms. The molecule has 0 fully saturated rings. The Hall–Kier alpha value is -2.05. The predicted molar refractivity (Wildman–Crippen MR) is 110 cm³/mol. The SMILES string of the molecule is CCNC(=O)[C@H](C)N(Cc1ccc(Br)cc1)C(=O)COc1ccc(Cl)cc1. The standard InChI is InChI=1S/C20H22BrClN2O3/c1-3-23-20(26)14(2)24(12-15-4-6-16(21)7-5-15)19(25)13-27-18-10-8-17(22)9-11-18/h4-11,14H,3,12-13H2,1-2H3,(H,23,26)/t14-/m0/s1. The van der Waals surface area contributed by atoms with Crippen molar-refractivity contribution in [2.45, 2.75) is 26.4 Å². The zero-order chi connectivity index (χ0) is 19.8. The van der Waals surface area contributed by atoms with Crippen molar-refractivity contribution < 1.29 is 14.3 Å². The Morgan fingerprint density at radius 3 is 2.37 bits per heavy atom. The van der Waals surface area contributed by atoms with E-state index < -0.39 is 6.04 Å². The Balaban J connectivity index is 2.11. The lowest BCUT2D eigenvalue weighted by Crippen LogP contribution is -2.49. The first kappa shape index (κ1) is 21.3. The summed E-state index contributed by atoms with van der Waals surface area (Å²) >= 11 is 9.25. The maximum atomic E-state index is 12.8. The minimum Gasteiger partial charge on any atom is -0.484 e. The van der Waals surface area contributed by atoms with Crippen molar-refractivity contribution in [1.82, 2.24) is 10.2 Å². The Morgan fingerprint density at radius 1 is 1.15 bits per heavy atom. The van der Waals surface area contributed by atoms with E-state index in [1.807, 2.05) is 31.2 Å². The lowest BCUT2D eigenvalue weighted by Gasteiger charge is -2.28. The Morgan fingerprint density at radius 2 is 1.78 bits per heavy atom. The van der Waals surface area contributed by atoms with E-state index in [1.165, 1.54) is 4.90 Å². The van der Waals surface area contributed by atoms with Crippen molar-refractivity contribution in [3.8, 4) is 5.75 Å².